The Morgan fingerprint density at radius 1 is 1.43 bits per heavy atom. The van der Waals surface area contributed by atoms with E-state index in [0.29, 0.717) is 18.0 Å². The van der Waals surface area contributed by atoms with Crippen LogP contribution in [-0.2, 0) is 11.3 Å². The van der Waals surface area contributed by atoms with E-state index in [1.54, 1.807) is 12.1 Å². The van der Waals surface area contributed by atoms with E-state index in [1.807, 2.05) is 0 Å². The number of nitrogens with zero attached hydrogens (tertiary/aromatic N) is 1. The number of carbonyl (C=O) groups is 1. The van der Waals surface area contributed by atoms with Gasteiger partial charge in [-0.15, -0.1) is 0 Å². The van der Waals surface area contributed by atoms with Crippen molar-refractivity contribution >= 4 is 5.97 Å². The number of hydrogen-bond acceptors (Lipinski definition) is 4. The number of ether oxygens (including phenoxy) is 1. The monoisotopic (exact) mass is 321 g/mol. The van der Waals surface area contributed by atoms with Gasteiger partial charge >= 0.3 is 5.97 Å². The maximum Gasteiger partial charge on any atom is 0.337 e. The number of piperidine rings is 1. The molecule has 1 aromatic carbocycles. The van der Waals surface area contributed by atoms with Crippen molar-refractivity contribution in [2.45, 2.75) is 44.2 Å². The molecule has 23 heavy (non-hydrogen) atoms. The van der Waals surface area contributed by atoms with Gasteiger partial charge in [-0.3, -0.25) is 4.90 Å². The van der Waals surface area contributed by atoms with Crippen molar-refractivity contribution in [1.29, 1.82) is 0 Å². The third-order valence-corrected chi connectivity index (χ3v) is 5.38. The maximum absolute atomic E-state index is 14.2. The predicted molar refractivity (Wildman–Crippen MR) is 84.5 cm³/mol. The predicted octanol–water partition coefficient (Wildman–Crippen LogP) is 2.74. The van der Waals surface area contributed by atoms with Crippen LogP contribution in [0.25, 0.3) is 0 Å². The summed E-state index contributed by atoms with van der Waals surface area (Å²) in [6.45, 7) is 2.11. The second-order valence-corrected chi connectivity index (χ2v) is 6.83. The van der Waals surface area contributed by atoms with Crippen LogP contribution in [0.2, 0.25) is 0 Å². The zero-order valence-corrected chi connectivity index (χ0v) is 13.6. The molecule has 1 N–H and O–H groups in total. The van der Waals surface area contributed by atoms with Crippen LogP contribution in [-0.4, -0.2) is 41.8 Å². The fourth-order valence-electron chi connectivity index (χ4n) is 3.94. The molecule has 2 fully saturated rings. The van der Waals surface area contributed by atoms with E-state index in [1.165, 1.54) is 19.6 Å². The highest BCUT2D eigenvalue weighted by molar-refractivity contribution is 5.89. The first-order valence-corrected chi connectivity index (χ1v) is 8.33. The number of aliphatic hydroxyl groups is 1. The molecule has 5 heteroatoms. The van der Waals surface area contributed by atoms with Crippen molar-refractivity contribution in [3.05, 3.63) is 35.1 Å². The van der Waals surface area contributed by atoms with Crippen molar-refractivity contribution in [3.8, 4) is 0 Å². The van der Waals surface area contributed by atoms with E-state index in [2.05, 4.69) is 9.64 Å². The van der Waals surface area contributed by atoms with Gasteiger partial charge in [0.25, 0.3) is 0 Å². The minimum absolute atomic E-state index is 0.231. The molecule has 4 nitrogen and oxygen atoms in total. The lowest BCUT2D eigenvalue weighted by atomic mass is 9.71. The Hall–Kier alpha value is -1.46. The molecule has 1 aliphatic carbocycles. The number of carbonyl (C=O) groups excluding carboxylic acids is 1. The SMILES string of the molecule is COC(=O)c1ccc(CN2CCC3(O)CCCCC3C2)c(F)c1. The summed E-state index contributed by atoms with van der Waals surface area (Å²) in [7, 11) is 1.28. The molecule has 2 aliphatic rings. The smallest absolute Gasteiger partial charge is 0.337 e. The van der Waals surface area contributed by atoms with Crippen molar-refractivity contribution in [1.82, 2.24) is 4.90 Å². The van der Waals surface area contributed by atoms with Gasteiger partial charge in [0.15, 0.2) is 0 Å². The van der Waals surface area contributed by atoms with Gasteiger partial charge < -0.3 is 9.84 Å². The maximum atomic E-state index is 14.2. The summed E-state index contributed by atoms with van der Waals surface area (Å²) in [6.07, 6.45) is 4.99. The second-order valence-electron chi connectivity index (χ2n) is 6.83. The topological polar surface area (TPSA) is 49.8 Å². The minimum Gasteiger partial charge on any atom is -0.465 e. The lowest BCUT2D eigenvalue weighted by Crippen LogP contribution is -2.53. The molecule has 1 heterocycles. The van der Waals surface area contributed by atoms with Crippen molar-refractivity contribution < 1.29 is 19.0 Å². The second kappa shape index (κ2) is 6.57. The van der Waals surface area contributed by atoms with Crippen LogP contribution in [0.4, 0.5) is 4.39 Å². The van der Waals surface area contributed by atoms with Crippen LogP contribution in [0, 0.1) is 11.7 Å². The Kier molecular flexibility index (Phi) is 4.69. The number of halogens is 1. The largest absolute Gasteiger partial charge is 0.465 e. The summed E-state index contributed by atoms with van der Waals surface area (Å²) >= 11 is 0. The molecule has 3 rings (SSSR count). The van der Waals surface area contributed by atoms with E-state index in [9.17, 15) is 14.3 Å². The van der Waals surface area contributed by atoms with Gasteiger partial charge in [0.05, 0.1) is 18.3 Å². The third kappa shape index (κ3) is 3.40. The number of likely N-dealkylation sites (tertiary alicyclic amines) is 1. The third-order valence-electron chi connectivity index (χ3n) is 5.38. The molecule has 1 saturated heterocycles. The molecule has 1 saturated carbocycles. The molecule has 0 radical (unpaired) electrons. The van der Waals surface area contributed by atoms with Gasteiger partial charge in [0.2, 0.25) is 0 Å². The Balaban J connectivity index is 1.67. The molecule has 0 aromatic heterocycles. The van der Waals surface area contributed by atoms with Crippen LogP contribution in [0.5, 0.6) is 0 Å². The average molecular weight is 321 g/mol. The zero-order chi connectivity index (χ0) is 16.4. The summed E-state index contributed by atoms with van der Waals surface area (Å²) in [4.78, 5) is 13.6. The Bertz CT molecular complexity index is 592. The molecule has 0 bridgehead atoms. The number of benzene rings is 1. The number of fused-ring (bicyclic) bond motifs is 1. The summed E-state index contributed by atoms with van der Waals surface area (Å²) < 4.78 is 18.8. The quantitative estimate of drug-likeness (QED) is 0.870. The van der Waals surface area contributed by atoms with Crippen LogP contribution in [0.3, 0.4) is 0 Å². The average Bonchev–Trinajstić information content (AvgIpc) is 2.56. The molecule has 2 atom stereocenters. The summed E-state index contributed by atoms with van der Waals surface area (Å²) in [6, 6.07) is 4.50. The van der Waals surface area contributed by atoms with Crippen molar-refractivity contribution in [2.75, 3.05) is 20.2 Å². The van der Waals surface area contributed by atoms with E-state index in [4.69, 9.17) is 0 Å². The molecular formula is C18H24FNO3. The highest BCUT2D eigenvalue weighted by Crippen LogP contribution is 2.40. The molecule has 1 aromatic rings. The van der Waals surface area contributed by atoms with Crippen LogP contribution in [0.1, 0.15) is 48.0 Å². The van der Waals surface area contributed by atoms with Crippen molar-refractivity contribution in [2.24, 2.45) is 5.92 Å². The van der Waals surface area contributed by atoms with Gasteiger partial charge in [0, 0.05) is 31.1 Å². The summed E-state index contributed by atoms with van der Waals surface area (Å²) in [5.41, 5.74) is 0.301. The van der Waals surface area contributed by atoms with Crippen molar-refractivity contribution in [3.63, 3.8) is 0 Å². The first-order valence-electron chi connectivity index (χ1n) is 8.33. The Labute approximate surface area is 136 Å². The van der Waals surface area contributed by atoms with Gasteiger partial charge in [-0.05, 0) is 31.4 Å². The highest BCUT2D eigenvalue weighted by Gasteiger charge is 2.42. The normalized spacial score (nSPS) is 28.2. The highest BCUT2D eigenvalue weighted by atomic mass is 19.1. The number of esters is 1. The zero-order valence-electron chi connectivity index (χ0n) is 13.6. The summed E-state index contributed by atoms with van der Waals surface area (Å²) in [5, 5.41) is 10.7. The van der Waals surface area contributed by atoms with Crippen LogP contribution >= 0.6 is 0 Å². The lowest BCUT2D eigenvalue weighted by Gasteiger charge is -2.47. The van der Waals surface area contributed by atoms with Crippen LogP contribution in [0.15, 0.2) is 18.2 Å². The minimum atomic E-state index is -0.527. The molecular weight excluding hydrogens is 297 g/mol. The molecule has 0 amide bonds. The molecule has 126 valence electrons. The fraction of sp³-hybridized carbons (Fsp3) is 0.611. The van der Waals surface area contributed by atoms with Gasteiger partial charge in [-0.1, -0.05) is 18.9 Å². The molecule has 0 spiro atoms. The fourth-order valence-corrected chi connectivity index (χ4v) is 3.94. The Morgan fingerprint density at radius 2 is 2.26 bits per heavy atom. The van der Waals surface area contributed by atoms with Gasteiger partial charge in [-0.25, -0.2) is 9.18 Å². The van der Waals surface area contributed by atoms with E-state index in [0.717, 1.165) is 38.8 Å². The molecule has 1 aliphatic heterocycles. The number of methoxy groups -OCH3 is 1. The standard InChI is InChI=1S/C18H24FNO3/c1-23-17(21)13-5-6-14(16(19)10-13)11-20-9-8-18(22)7-3-2-4-15(18)12-20/h5-6,10,15,22H,2-4,7-9,11-12H2,1H3. The first-order chi connectivity index (χ1) is 11.0. The van der Waals surface area contributed by atoms with E-state index < -0.39 is 11.6 Å². The van der Waals surface area contributed by atoms with Gasteiger partial charge in [-0.2, -0.15) is 0 Å². The Morgan fingerprint density at radius 3 is 3.00 bits per heavy atom. The first kappa shape index (κ1) is 16.4. The van der Waals surface area contributed by atoms with E-state index >= 15 is 0 Å². The van der Waals surface area contributed by atoms with Crippen LogP contribution < -0.4 is 0 Å². The number of rotatable bonds is 3. The lowest BCUT2D eigenvalue weighted by molar-refractivity contribution is -0.0969. The van der Waals surface area contributed by atoms with Gasteiger partial charge in [0.1, 0.15) is 5.82 Å². The molecule has 2 unspecified atom stereocenters. The summed E-state index contributed by atoms with van der Waals surface area (Å²) in [5.74, 6) is -0.611. The number of hydrogen-bond donors (Lipinski definition) is 1. The van der Waals surface area contributed by atoms with E-state index in [-0.39, 0.29) is 11.4 Å².